The van der Waals surface area contributed by atoms with E-state index in [0.717, 1.165) is 30.5 Å². The van der Waals surface area contributed by atoms with Gasteiger partial charge in [-0.1, -0.05) is 23.7 Å². The fourth-order valence-electron chi connectivity index (χ4n) is 2.44. The minimum atomic E-state index is 0.299. The predicted octanol–water partition coefficient (Wildman–Crippen LogP) is 3.64. The van der Waals surface area contributed by atoms with Gasteiger partial charge in [-0.05, 0) is 56.8 Å². The smallest absolute Gasteiger partial charge is 0.0431 e. The van der Waals surface area contributed by atoms with Gasteiger partial charge in [-0.2, -0.15) is 0 Å². The van der Waals surface area contributed by atoms with Crippen LogP contribution in [0.2, 0.25) is 5.02 Å². The van der Waals surface area contributed by atoms with Crippen LogP contribution in [0.25, 0.3) is 0 Å². The third-order valence-electron chi connectivity index (χ3n) is 3.69. The highest BCUT2D eigenvalue weighted by Crippen LogP contribution is 2.34. The summed E-state index contributed by atoms with van der Waals surface area (Å²) in [5, 5.41) is 9.68. The Morgan fingerprint density at radius 2 is 1.94 bits per heavy atom. The van der Waals surface area contributed by atoms with Crippen molar-refractivity contribution in [2.75, 3.05) is 13.2 Å². The van der Waals surface area contributed by atoms with Crippen LogP contribution in [0.3, 0.4) is 0 Å². The van der Waals surface area contributed by atoms with Crippen molar-refractivity contribution in [2.45, 2.75) is 44.7 Å². The van der Waals surface area contributed by atoms with Gasteiger partial charge in [0.1, 0.15) is 0 Å². The van der Waals surface area contributed by atoms with Crippen LogP contribution in [0.15, 0.2) is 24.3 Å². The molecule has 0 aliphatic heterocycles. The molecular formula is C15H22ClNO. The number of unbranched alkanes of at least 4 members (excludes halogenated alkanes) is 1. The molecule has 1 aromatic rings. The number of hydrogen-bond donors (Lipinski definition) is 1. The maximum Gasteiger partial charge on any atom is 0.0431 e. The van der Waals surface area contributed by atoms with E-state index in [2.05, 4.69) is 24.0 Å². The van der Waals surface area contributed by atoms with E-state index in [4.69, 9.17) is 16.7 Å². The van der Waals surface area contributed by atoms with Crippen LogP contribution in [0.4, 0.5) is 0 Å². The second-order valence-corrected chi connectivity index (χ2v) is 5.56. The Kier molecular flexibility index (Phi) is 5.04. The fraction of sp³-hybridized carbons (Fsp3) is 0.600. The molecule has 0 spiro atoms. The van der Waals surface area contributed by atoms with E-state index in [0.29, 0.717) is 12.6 Å². The van der Waals surface area contributed by atoms with Gasteiger partial charge in [0, 0.05) is 23.7 Å². The molecule has 2 rings (SSSR count). The number of hydrogen-bond acceptors (Lipinski definition) is 2. The molecule has 1 saturated carbocycles. The summed E-state index contributed by atoms with van der Waals surface area (Å²) < 4.78 is 0. The summed E-state index contributed by atoms with van der Waals surface area (Å²) in [5.41, 5.74) is 1.33. The molecule has 1 N–H and O–H groups in total. The Labute approximate surface area is 115 Å². The number of nitrogens with zero attached hydrogens (tertiary/aromatic N) is 1. The maximum atomic E-state index is 8.89. The molecule has 1 unspecified atom stereocenters. The molecule has 100 valence electrons. The molecule has 0 radical (unpaired) electrons. The molecule has 0 amide bonds. The summed E-state index contributed by atoms with van der Waals surface area (Å²) in [5.74, 6) is 0. The van der Waals surface area contributed by atoms with Crippen molar-refractivity contribution in [3.8, 4) is 0 Å². The normalized spacial score (nSPS) is 17.1. The van der Waals surface area contributed by atoms with Crippen molar-refractivity contribution >= 4 is 11.6 Å². The highest BCUT2D eigenvalue weighted by molar-refractivity contribution is 6.30. The van der Waals surface area contributed by atoms with E-state index >= 15 is 0 Å². The minimum Gasteiger partial charge on any atom is -0.396 e. The van der Waals surface area contributed by atoms with E-state index in [1.165, 1.54) is 18.4 Å². The molecule has 1 aliphatic carbocycles. The summed E-state index contributed by atoms with van der Waals surface area (Å²) >= 11 is 5.93. The molecule has 0 bridgehead atoms. The average molecular weight is 268 g/mol. The Balaban J connectivity index is 1.98. The first-order valence-electron chi connectivity index (χ1n) is 6.84. The van der Waals surface area contributed by atoms with Gasteiger partial charge in [0.2, 0.25) is 0 Å². The zero-order valence-corrected chi connectivity index (χ0v) is 11.7. The molecule has 0 saturated heterocycles. The topological polar surface area (TPSA) is 23.5 Å². The highest BCUT2D eigenvalue weighted by Gasteiger charge is 2.32. The zero-order valence-electron chi connectivity index (χ0n) is 11.0. The van der Waals surface area contributed by atoms with Crippen LogP contribution >= 0.6 is 11.6 Å². The number of halogens is 1. The molecule has 1 aromatic carbocycles. The second kappa shape index (κ2) is 6.55. The van der Waals surface area contributed by atoms with Gasteiger partial charge in [0.05, 0.1) is 0 Å². The Hall–Kier alpha value is -0.570. The SMILES string of the molecule is CC(c1ccc(Cl)cc1)N(CCCCO)C1CC1. The molecule has 1 fully saturated rings. The number of aliphatic hydroxyl groups is 1. The van der Waals surface area contributed by atoms with Gasteiger partial charge in [0.25, 0.3) is 0 Å². The van der Waals surface area contributed by atoms with Gasteiger partial charge >= 0.3 is 0 Å². The van der Waals surface area contributed by atoms with Gasteiger partial charge in [-0.25, -0.2) is 0 Å². The second-order valence-electron chi connectivity index (χ2n) is 5.13. The van der Waals surface area contributed by atoms with Gasteiger partial charge in [0.15, 0.2) is 0 Å². The zero-order chi connectivity index (χ0) is 13.0. The monoisotopic (exact) mass is 267 g/mol. The number of rotatable bonds is 7. The van der Waals surface area contributed by atoms with Crippen molar-refractivity contribution in [1.82, 2.24) is 4.90 Å². The van der Waals surface area contributed by atoms with Crippen molar-refractivity contribution in [3.63, 3.8) is 0 Å². The maximum absolute atomic E-state index is 8.89. The van der Waals surface area contributed by atoms with E-state index in [-0.39, 0.29) is 0 Å². The van der Waals surface area contributed by atoms with E-state index in [1.54, 1.807) is 0 Å². The van der Waals surface area contributed by atoms with Crippen LogP contribution in [-0.2, 0) is 0 Å². The van der Waals surface area contributed by atoms with Crippen molar-refractivity contribution in [1.29, 1.82) is 0 Å². The molecule has 1 aliphatic rings. The summed E-state index contributed by atoms with van der Waals surface area (Å²) in [7, 11) is 0. The number of aliphatic hydroxyl groups excluding tert-OH is 1. The fourth-order valence-corrected chi connectivity index (χ4v) is 2.56. The standard InChI is InChI=1S/C15H22ClNO/c1-12(13-4-6-14(16)7-5-13)17(15-8-9-15)10-2-3-11-18/h4-7,12,15,18H,2-3,8-11H2,1H3. The lowest BCUT2D eigenvalue weighted by Crippen LogP contribution is -2.30. The lowest BCUT2D eigenvalue weighted by molar-refractivity contribution is 0.187. The van der Waals surface area contributed by atoms with E-state index in [1.807, 2.05) is 12.1 Å². The van der Waals surface area contributed by atoms with Gasteiger partial charge < -0.3 is 5.11 Å². The Bertz CT molecular complexity index is 361. The molecule has 0 heterocycles. The highest BCUT2D eigenvalue weighted by atomic mass is 35.5. The van der Waals surface area contributed by atoms with Gasteiger partial charge in [-0.3, -0.25) is 4.90 Å². The first-order chi connectivity index (χ1) is 8.72. The molecule has 0 aromatic heterocycles. The van der Waals surface area contributed by atoms with Crippen molar-refractivity contribution in [3.05, 3.63) is 34.9 Å². The predicted molar refractivity (Wildman–Crippen MR) is 75.9 cm³/mol. The quantitative estimate of drug-likeness (QED) is 0.763. The van der Waals surface area contributed by atoms with Crippen LogP contribution in [0.1, 0.15) is 44.2 Å². The van der Waals surface area contributed by atoms with Crippen LogP contribution in [-0.4, -0.2) is 29.2 Å². The Morgan fingerprint density at radius 1 is 1.28 bits per heavy atom. The first kappa shape index (κ1) is 13.9. The molecular weight excluding hydrogens is 246 g/mol. The number of benzene rings is 1. The molecule has 3 heteroatoms. The molecule has 1 atom stereocenters. The average Bonchev–Trinajstić information content (AvgIpc) is 3.19. The first-order valence-corrected chi connectivity index (χ1v) is 7.22. The van der Waals surface area contributed by atoms with E-state index in [9.17, 15) is 0 Å². The third kappa shape index (κ3) is 3.71. The lowest BCUT2D eigenvalue weighted by Gasteiger charge is -2.29. The van der Waals surface area contributed by atoms with Crippen molar-refractivity contribution < 1.29 is 5.11 Å². The summed E-state index contributed by atoms with van der Waals surface area (Å²) in [4.78, 5) is 2.57. The Morgan fingerprint density at radius 3 is 2.50 bits per heavy atom. The minimum absolute atomic E-state index is 0.299. The largest absolute Gasteiger partial charge is 0.396 e. The lowest BCUT2D eigenvalue weighted by atomic mass is 10.1. The third-order valence-corrected chi connectivity index (χ3v) is 3.94. The van der Waals surface area contributed by atoms with Crippen molar-refractivity contribution in [2.24, 2.45) is 0 Å². The van der Waals surface area contributed by atoms with Crippen LogP contribution in [0.5, 0.6) is 0 Å². The van der Waals surface area contributed by atoms with E-state index < -0.39 is 0 Å². The molecule has 18 heavy (non-hydrogen) atoms. The summed E-state index contributed by atoms with van der Waals surface area (Å²) in [6.45, 7) is 3.64. The van der Waals surface area contributed by atoms with Crippen LogP contribution < -0.4 is 0 Å². The summed E-state index contributed by atoms with van der Waals surface area (Å²) in [6.07, 6.45) is 4.61. The van der Waals surface area contributed by atoms with Crippen LogP contribution in [0, 0.1) is 0 Å². The summed E-state index contributed by atoms with van der Waals surface area (Å²) in [6, 6.07) is 9.35. The van der Waals surface area contributed by atoms with Gasteiger partial charge in [-0.15, -0.1) is 0 Å². The molecule has 2 nitrogen and oxygen atoms in total.